The van der Waals surface area contributed by atoms with Crippen LogP contribution in [0.2, 0.25) is 0 Å². The SMILES string of the molecule is O=C(O)c1ccc2c(c1)C(=O)N(c1cc(-c3ccccc3)ccc1CO)C2=O. The smallest absolute Gasteiger partial charge is 0.335 e. The molecule has 0 atom stereocenters. The van der Waals surface area contributed by atoms with Gasteiger partial charge in [0.2, 0.25) is 0 Å². The van der Waals surface area contributed by atoms with Gasteiger partial charge in [0.05, 0.1) is 29.0 Å². The van der Waals surface area contributed by atoms with Gasteiger partial charge in [-0.15, -0.1) is 0 Å². The number of benzene rings is 3. The quantitative estimate of drug-likeness (QED) is 0.684. The van der Waals surface area contributed by atoms with E-state index in [-0.39, 0.29) is 29.0 Å². The van der Waals surface area contributed by atoms with Gasteiger partial charge in [0, 0.05) is 5.56 Å². The van der Waals surface area contributed by atoms with Crippen LogP contribution in [0.5, 0.6) is 0 Å². The Labute approximate surface area is 160 Å². The number of amides is 2. The van der Waals surface area contributed by atoms with Crippen LogP contribution < -0.4 is 4.90 Å². The second kappa shape index (κ2) is 6.75. The van der Waals surface area contributed by atoms with Gasteiger partial charge in [0.1, 0.15) is 0 Å². The summed E-state index contributed by atoms with van der Waals surface area (Å²) in [6.45, 7) is -0.349. The number of hydrogen-bond acceptors (Lipinski definition) is 4. The van der Waals surface area contributed by atoms with E-state index in [1.54, 1.807) is 12.1 Å². The molecule has 6 heteroatoms. The molecule has 2 N–H and O–H groups in total. The number of aromatic carboxylic acids is 1. The van der Waals surface area contributed by atoms with E-state index in [2.05, 4.69) is 0 Å². The van der Waals surface area contributed by atoms with E-state index in [1.165, 1.54) is 18.2 Å². The lowest BCUT2D eigenvalue weighted by atomic mass is 10.0. The van der Waals surface area contributed by atoms with E-state index in [9.17, 15) is 19.5 Å². The first-order valence-corrected chi connectivity index (χ1v) is 8.56. The molecule has 0 saturated heterocycles. The Morgan fingerprint density at radius 3 is 2.21 bits per heavy atom. The largest absolute Gasteiger partial charge is 0.478 e. The van der Waals surface area contributed by atoms with Gasteiger partial charge in [0.15, 0.2) is 0 Å². The van der Waals surface area contributed by atoms with Crippen molar-refractivity contribution in [2.75, 3.05) is 4.90 Å². The highest BCUT2D eigenvalue weighted by atomic mass is 16.4. The van der Waals surface area contributed by atoms with Crippen LogP contribution in [-0.2, 0) is 6.61 Å². The van der Waals surface area contributed by atoms with Gasteiger partial charge in [-0.25, -0.2) is 9.69 Å². The predicted molar refractivity (Wildman–Crippen MR) is 102 cm³/mol. The van der Waals surface area contributed by atoms with E-state index in [0.717, 1.165) is 16.0 Å². The Morgan fingerprint density at radius 1 is 0.821 bits per heavy atom. The Hall–Kier alpha value is -3.77. The first-order chi connectivity index (χ1) is 13.5. The Balaban J connectivity index is 1.83. The van der Waals surface area contributed by atoms with Crippen LogP contribution in [0.3, 0.4) is 0 Å². The fourth-order valence-corrected chi connectivity index (χ4v) is 3.31. The maximum Gasteiger partial charge on any atom is 0.335 e. The number of carboxylic acids is 1. The number of carboxylic acid groups (broad SMARTS) is 1. The normalized spacial score (nSPS) is 13.0. The molecule has 0 bridgehead atoms. The molecule has 0 unspecified atom stereocenters. The molecule has 1 aliphatic heterocycles. The van der Waals surface area contributed by atoms with Crippen molar-refractivity contribution >= 4 is 23.5 Å². The van der Waals surface area contributed by atoms with Crippen molar-refractivity contribution in [1.29, 1.82) is 0 Å². The number of carbonyl (C=O) groups excluding carboxylic acids is 2. The highest BCUT2D eigenvalue weighted by Gasteiger charge is 2.38. The van der Waals surface area contributed by atoms with E-state index in [1.807, 2.05) is 36.4 Å². The predicted octanol–water partition coefficient (Wildman–Crippen LogP) is 3.34. The molecular weight excluding hydrogens is 358 g/mol. The molecule has 0 radical (unpaired) electrons. The zero-order valence-corrected chi connectivity index (χ0v) is 14.6. The Kier molecular flexibility index (Phi) is 4.25. The van der Waals surface area contributed by atoms with Crippen molar-refractivity contribution in [3.8, 4) is 11.1 Å². The summed E-state index contributed by atoms with van der Waals surface area (Å²) in [5.41, 5.74) is 2.51. The molecule has 1 heterocycles. The molecule has 138 valence electrons. The second-order valence-corrected chi connectivity index (χ2v) is 6.38. The number of aliphatic hydroxyl groups excluding tert-OH is 1. The average molecular weight is 373 g/mol. The third-order valence-corrected chi connectivity index (χ3v) is 4.74. The summed E-state index contributed by atoms with van der Waals surface area (Å²) in [6.07, 6.45) is 0. The van der Waals surface area contributed by atoms with Gasteiger partial charge in [0.25, 0.3) is 11.8 Å². The molecule has 4 rings (SSSR count). The number of anilines is 1. The van der Waals surface area contributed by atoms with Crippen molar-refractivity contribution < 1.29 is 24.6 Å². The first kappa shape index (κ1) is 17.6. The molecule has 28 heavy (non-hydrogen) atoms. The summed E-state index contributed by atoms with van der Waals surface area (Å²) in [5, 5.41) is 18.9. The van der Waals surface area contributed by atoms with Gasteiger partial charge >= 0.3 is 5.97 Å². The lowest BCUT2D eigenvalue weighted by Gasteiger charge is -2.19. The van der Waals surface area contributed by atoms with Crippen LogP contribution >= 0.6 is 0 Å². The molecule has 0 saturated carbocycles. The third-order valence-electron chi connectivity index (χ3n) is 4.74. The zero-order valence-electron chi connectivity index (χ0n) is 14.6. The third kappa shape index (κ3) is 2.76. The van der Waals surface area contributed by atoms with Crippen molar-refractivity contribution in [1.82, 2.24) is 0 Å². The molecule has 1 aliphatic rings. The van der Waals surface area contributed by atoms with Crippen LogP contribution in [0.15, 0.2) is 66.7 Å². The fourth-order valence-electron chi connectivity index (χ4n) is 3.31. The number of hydrogen-bond donors (Lipinski definition) is 2. The highest BCUT2D eigenvalue weighted by molar-refractivity contribution is 6.35. The van der Waals surface area contributed by atoms with Crippen LogP contribution in [0, 0.1) is 0 Å². The molecule has 0 aliphatic carbocycles. The fraction of sp³-hybridized carbons (Fsp3) is 0.0455. The van der Waals surface area contributed by atoms with Gasteiger partial charge < -0.3 is 10.2 Å². The van der Waals surface area contributed by atoms with Crippen LogP contribution in [0.25, 0.3) is 11.1 Å². The van der Waals surface area contributed by atoms with Crippen LogP contribution in [-0.4, -0.2) is 28.0 Å². The minimum Gasteiger partial charge on any atom is -0.478 e. The van der Waals surface area contributed by atoms with Gasteiger partial charge in [-0.1, -0.05) is 42.5 Å². The van der Waals surface area contributed by atoms with Gasteiger partial charge in [-0.05, 0) is 35.4 Å². The molecule has 3 aromatic rings. The zero-order chi connectivity index (χ0) is 19.8. The lowest BCUT2D eigenvalue weighted by molar-refractivity contribution is 0.0696. The van der Waals surface area contributed by atoms with E-state index >= 15 is 0 Å². The molecule has 0 fully saturated rings. The van der Waals surface area contributed by atoms with Crippen molar-refractivity contribution in [2.24, 2.45) is 0 Å². The number of nitrogens with zero attached hydrogens (tertiary/aromatic N) is 1. The number of fused-ring (bicyclic) bond motifs is 1. The molecule has 0 spiro atoms. The molecule has 3 aromatic carbocycles. The minimum atomic E-state index is -1.18. The maximum absolute atomic E-state index is 12.9. The highest BCUT2D eigenvalue weighted by Crippen LogP contribution is 2.34. The van der Waals surface area contributed by atoms with Gasteiger partial charge in [-0.3, -0.25) is 9.59 Å². The standard InChI is InChI=1S/C22H15NO5/c24-12-16-7-6-14(13-4-2-1-3-5-13)11-19(16)23-20(25)17-9-8-15(22(27)28)10-18(17)21(23)26/h1-11,24H,12H2,(H,27,28). The average Bonchev–Trinajstić information content (AvgIpc) is 2.98. The van der Waals surface area contributed by atoms with E-state index in [4.69, 9.17) is 5.11 Å². The molecular formula is C22H15NO5. The number of aliphatic hydroxyl groups is 1. The first-order valence-electron chi connectivity index (χ1n) is 8.56. The molecule has 0 aromatic heterocycles. The summed E-state index contributed by atoms with van der Waals surface area (Å²) in [5.74, 6) is -2.33. The Morgan fingerprint density at radius 2 is 1.54 bits per heavy atom. The number of imide groups is 1. The van der Waals surface area contributed by atoms with E-state index < -0.39 is 17.8 Å². The molecule has 2 amide bonds. The summed E-state index contributed by atoms with van der Waals surface area (Å²) in [6, 6.07) is 18.5. The topological polar surface area (TPSA) is 94.9 Å². The van der Waals surface area contributed by atoms with Crippen molar-refractivity contribution in [3.63, 3.8) is 0 Å². The minimum absolute atomic E-state index is 0.0407. The summed E-state index contributed by atoms with van der Waals surface area (Å²) in [4.78, 5) is 38.0. The molecule has 6 nitrogen and oxygen atoms in total. The van der Waals surface area contributed by atoms with Gasteiger partial charge in [-0.2, -0.15) is 0 Å². The Bertz CT molecular complexity index is 1120. The number of carbonyl (C=O) groups is 3. The monoisotopic (exact) mass is 373 g/mol. The van der Waals surface area contributed by atoms with Crippen LogP contribution in [0.1, 0.15) is 36.6 Å². The van der Waals surface area contributed by atoms with Crippen molar-refractivity contribution in [3.05, 3.63) is 89.0 Å². The summed E-state index contributed by atoms with van der Waals surface area (Å²) < 4.78 is 0. The van der Waals surface area contributed by atoms with Crippen LogP contribution in [0.4, 0.5) is 5.69 Å². The van der Waals surface area contributed by atoms with Crippen molar-refractivity contribution in [2.45, 2.75) is 6.61 Å². The summed E-state index contributed by atoms with van der Waals surface area (Å²) >= 11 is 0. The number of rotatable bonds is 4. The maximum atomic E-state index is 12.9. The van der Waals surface area contributed by atoms with E-state index in [0.29, 0.717) is 5.56 Å². The lowest BCUT2D eigenvalue weighted by Crippen LogP contribution is -2.30. The summed E-state index contributed by atoms with van der Waals surface area (Å²) in [7, 11) is 0. The second-order valence-electron chi connectivity index (χ2n) is 6.38.